The van der Waals surface area contributed by atoms with Gasteiger partial charge in [-0.15, -0.1) is 0 Å². The Hall–Kier alpha value is -4.38. The second kappa shape index (κ2) is 10.3. The molecule has 6 rings (SSSR count). The van der Waals surface area contributed by atoms with E-state index >= 15 is 0 Å². The van der Waals surface area contributed by atoms with Gasteiger partial charge < -0.3 is 43.4 Å². The Labute approximate surface area is 236 Å². The number of para-hydroxylation sites is 2. The standard InChI is InChI=1S/C29H28N2O8S/c1-33-18-8-6-5-7-17(18)30-29(40)31-12-11-15-13-20-26(38-14-37-20)27(36-4)21(15)23(31)24-16-9-10-19(34-2)25(35-3)22(16)28(32)39-24/h5-10,13,23-24H,11-12,14H2,1-4H3,(H,30,40). The minimum absolute atomic E-state index is 0.0922. The van der Waals surface area contributed by atoms with Crippen molar-refractivity contribution in [2.75, 3.05) is 47.1 Å². The smallest absolute Gasteiger partial charge is 0.343 e. The van der Waals surface area contributed by atoms with E-state index < -0.39 is 18.1 Å². The number of nitrogens with zero attached hydrogens (tertiary/aromatic N) is 1. The van der Waals surface area contributed by atoms with Crippen LogP contribution < -0.4 is 33.7 Å². The lowest BCUT2D eigenvalue weighted by atomic mass is 9.85. The first-order chi connectivity index (χ1) is 19.5. The number of ether oxygens (including phenoxy) is 7. The topological polar surface area (TPSA) is 97.0 Å². The predicted molar refractivity (Wildman–Crippen MR) is 149 cm³/mol. The van der Waals surface area contributed by atoms with E-state index in [0.29, 0.717) is 69.4 Å². The molecule has 1 N–H and O–H groups in total. The summed E-state index contributed by atoms with van der Waals surface area (Å²) < 4.78 is 40.1. The minimum Gasteiger partial charge on any atom is -0.495 e. The predicted octanol–water partition coefficient (Wildman–Crippen LogP) is 4.66. The van der Waals surface area contributed by atoms with E-state index in [1.165, 1.54) is 14.2 Å². The summed E-state index contributed by atoms with van der Waals surface area (Å²) >= 11 is 5.98. The fourth-order valence-electron chi connectivity index (χ4n) is 5.69. The van der Waals surface area contributed by atoms with Gasteiger partial charge in [-0.3, -0.25) is 0 Å². The van der Waals surface area contributed by atoms with Gasteiger partial charge in [0.2, 0.25) is 12.5 Å². The van der Waals surface area contributed by atoms with Crippen LogP contribution in [0.5, 0.6) is 34.5 Å². The number of carbonyl (C=O) groups is 1. The molecule has 10 nitrogen and oxygen atoms in total. The fourth-order valence-corrected chi connectivity index (χ4v) is 6.00. The summed E-state index contributed by atoms with van der Waals surface area (Å²) in [5.41, 5.74) is 3.50. The van der Waals surface area contributed by atoms with Crippen molar-refractivity contribution in [1.82, 2.24) is 4.90 Å². The van der Waals surface area contributed by atoms with Gasteiger partial charge in [0.05, 0.1) is 34.1 Å². The maximum atomic E-state index is 13.4. The highest BCUT2D eigenvalue weighted by molar-refractivity contribution is 7.80. The Morgan fingerprint density at radius 1 is 0.975 bits per heavy atom. The molecule has 0 radical (unpaired) electrons. The third-order valence-corrected chi connectivity index (χ3v) is 7.76. The Kier molecular flexibility index (Phi) is 6.67. The zero-order chi connectivity index (χ0) is 28.0. The Bertz CT molecular complexity index is 1510. The number of hydrogen-bond acceptors (Lipinski definition) is 9. The molecule has 208 valence electrons. The summed E-state index contributed by atoms with van der Waals surface area (Å²) in [7, 11) is 6.21. The molecule has 2 unspecified atom stereocenters. The molecule has 0 saturated carbocycles. The highest BCUT2D eigenvalue weighted by atomic mass is 32.1. The number of thiocarbonyl (C=S) groups is 1. The Morgan fingerprint density at radius 2 is 1.75 bits per heavy atom. The summed E-state index contributed by atoms with van der Waals surface area (Å²) in [6.07, 6.45) is -0.0977. The summed E-state index contributed by atoms with van der Waals surface area (Å²) in [6.45, 7) is 0.632. The molecule has 0 bridgehead atoms. The average molecular weight is 565 g/mol. The van der Waals surface area contributed by atoms with Crippen molar-refractivity contribution in [1.29, 1.82) is 0 Å². The average Bonchev–Trinajstić information content (AvgIpc) is 3.59. The van der Waals surface area contributed by atoms with Crippen LogP contribution >= 0.6 is 12.2 Å². The van der Waals surface area contributed by atoms with Crippen molar-refractivity contribution < 1.29 is 38.0 Å². The van der Waals surface area contributed by atoms with Gasteiger partial charge in [0.15, 0.2) is 34.2 Å². The molecule has 2 atom stereocenters. The van der Waals surface area contributed by atoms with Gasteiger partial charge in [0.25, 0.3) is 0 Å². The minimum atomic E-state index is -0.743. The van der Waals surface area contributed by atoms with Crippen LogP contribution in [-0.2, 0) is 11.2 Å². The normalized spacial score (nSPS) is 18.4. The summed E-state index contributed by atoms with van der Waals surface area (Å²) in [6, 6.07) is 12.5. The quantitative estimate of drug-likeness (QED) is 0.335. The highest BCUT2D eigenvalue weighted by Gasteiger charge is 2.47. The molecule has 3 aliphatic rings. The number of anilines is 1. The van der Waals surface area contributed by atoms with Crippen LogP contribution in [0.25, 0.3) is 0 Å². The van der Waals surface area contributed by atoms with Gasteiger partial charge in [-0.1, -0.05) is 18.2 Å². The van der Waals surface area contributed by atoms with E-state index in [2.05, 4.69) is 5.32 Å². The molecule has 0 saturated heterocycles. The fraction of sp³-hybridized carbons (Fsp3) is 0.310. The van der Waals surface area contributed by atoms with Crippen LogP contribution in [0.15, 0.2) is 42.5 Å². The van der Waals surface area contributed by atoms with E-state index in [-0.39, 0.29) is 6.79 Å². The van der Waals surface area contributed by atoms with Crippen LogP contribution in [0.4, 0.5) is 5.69 Å². The zero-order valence-electron chi connectivity index (χ0n) is 22.4. The monoisotopic (exact) mass is 564 g/mol. The maximum Gasteiger partial charge on any atom is 0.343 e. The molecule has 0 aliphatic carbocycles. The summed E-state index contributed by atoms with van der Waals surface area (Å²) in [5.74, 6) is 2.54. The van der Waals surface area contributed by atoms with Crippen LogP contribution in [0.1, 0.15) is 39.2 Å². The van der Waals surface area contributed by atoms with Gasteiger partial charge in [0.1, 0.15) is 17.4 Å². The van der Waals surface area contributed by atoms with Crippen molar-refractivity contribution in [3.63, 3.8) is 0 Å². The molecule has 3 aromatic carbocycles. The molecule has 0 amide bonds. The first kappa shape index (κ1) is 25.9. The van der Waals surface area contributed by atoms with Crippen LogP contribution in [-0.4, -0.2) is 57.8 Å². The number of rotatable bonds is 6. The van der Waals surface area contributed by atoms with Gasteiger partial charge in [0, 0.05) is 17.7 Å². The van der Waals surface area contributed by atoms with E-state index in [4.69, 9.17) is 45.4 Å². The lowest BCUT2D eigenvalue weighted by Crippen LogP contribution is -2.45. The summed E-state index contributed by atoms with van der Waals surface area (Å²) in [4.78, 5) is 15.4. The second-order valence-electron chi connectivity index (χ2n) is 9.33. The lowest BCUT2D eigenvalue weighted by molar-refractivity contribution is 0.0164. The molecule has 3 heterocycles. The van der Waals surface area contributed by atoms with Crippen LogP contribution in [0.3, 0.4) is 0 Å². The van der Waals surface area contributed by atoms with Crippen LogP contribution in [0, 0.1) is 0 Å². The molecule has 0 aromatic heterocycles. The van der Waals surface area contributed by atoms with Crippen LogP contribution in [0.2, 0.25) is 0 Å². The number of methoxy groups -OCH3 is 4. The number of fused-ring (bicyclic) bond motifs is 3. The largest absolute Gasteiger partial charge is 0.495 e. The number of hydrogen-bond donors (Lipinski definition) is 1. The van der Waals surface area contributed by atoms with Gasteiger partial charge in [-0.05, 0) is 48.5 Å². The van der Waals surface area contributed by atoms with Gasteiger partial charge in [-0.25, -0.2) is 4.79 Å². The van der Waals surface area contributed by atoms with Crippen molar-refractivity contribution >= 4 is 29.0 Å². The number of carbonyl (C=O) groups excluding carboxylic acids is 1. The first-order valence-electron chi connectivity index (χ1n) is 12.7. The van der Waals surface area contributed by atoms with Crippen molar-refractivity contribution in [3.8, 4) is 34.5 Å². The van der Waals surface area contributed by atoms with Gasteiger partial charge in [-0.2, -0.15) is 0 Å². The lowest BCUT2D eigenvalue weighted by Gasteiger charge is -2.42. The van der Waals surface area contributed by atoms with E-state index in [0.717, 1.165) is 11.1 Å². The molecular formula is C29H28N2O8S. The number of benzene rings is 3. The summed E-state index contributed by atoms with van der Waals surface area (Å²) in [5, 5.41) is 3.77. The van der Waals surface area contributed by atoms with E-state index in [1.807, 2.05) is 41.3 Å². The third kappa shape index (κ3) is 4.00. The molecule has 40 heavy (non-hydrogen) atoms. The van der Waals surface area contributed by atoms with Crippen molar-refractivity contribution in [2.45, 2.75) is 18.6 Å². The molecule has 11 heteroatoms. The molecule has 0 fully saturated rings. The van der Waals surface area contributed by atoms with Crippen molar-refractivity contribution in [3.05, 3.63) is 64.7 Å². The maximum absolute atomic E-state index is 13.4. The SMILES string of the molecule is COc1ccccc1NC(=S)N1CCc2cc3c(c(OC)c2C1C1OC(=O)c2c1ccc(OC)c2OC)OCO3. The molecular weight excluding hydrogens is 536 g/mol. The zero-order valence-corrected chi connectivity index (χ0v) is 23.3. The van der Waals surface area contributed by atoms with Gasteiger partial charge >= 0.3 is 5.97 Å². The Balaban J connectivity index is 1.51. The van der Waals surface area contributed by atoms with E-state index in [9.17, 15) is 4.79 Å². The second-order valence-corrected chi connectivity index (χ2v) is 9.71. The van der Waals surface area contributed by atoms with E-state index in [1.54, 1.807) is 20.3 Å². The third-order valence-electron chi connectivity index (χ3n) is 7.42. The number of esters is 1. The Morgan fingerprint density at radius 3 is 2.50 bits per heavy atom. The number of cyclic esters (lactones) is 1. The molecule has 0 spiro atoms. The van der Waals surface area contributed by atoms with Crippen molar-refractivity contribution in [2.24, 2.45) is 0 Å². The highest BCUT2D eigenvalue weighted by Crippen LogP contribution is 2.55. The molecule has 3 aromatic rings. The molecule has 3 aliphatic heterocycles. The number of nitrogens with one attached hydrogen (secondary N) is 1. The first-order valence-corrected chi connectivity index (χ1v) is 13.1.